The van der Waals surface area contributed by atoms with Crippen LogP contribution < -0.4 is 82.7 Å². The van der Waals surface area contributed by atoms with Gasteiger partial charge in [0.2, 0.25) is 59.1 Å². The molecule has 1 aromatic carbocycles. The van der Waals surface area contributed by atoms with E-state index < -0.39 is 176 Å². The molecule has 80 heavy (non-hydrogen) atoms. The number of carboxylic acids is 3. The number of primary amides is 2. The van der Waals surface area contributed by atoms with E-state index in [1.54, 1.807) is 44.2 Å². The van der Waals surface area contributed by atoms with Crippen LogP contribution in [0.5, 0.6) is 0 Å². The van der Waals surface area contributed by atoms with Crippen molar-refractivity contribution in [2.24, 2.45) is 56.0 Å². The van der Waals surface area contributed by atoms with Crippen molar-refractivity contribution in [3.63, 3.8) is 0 Å². The molecular weight excluding hydrogens is 1060 g/mol. The van der Waals surface area contributed by atoms with Gasteiger partial charge in [0.25, 0.3) is 0 Å². The first-order valence-corrected chi connectivity index (χ1v) is 25.0. The smallest absolute Gasteiger partial charge is 0.326 e. The Balaban J connectivity index is 3.60. The van der Waals surface area contributed by atoms with E-state index in [9.17, 15) is 77.6 Å². The van der Waals surface area contributed by atoms with E-state index in [-0.39, 0.29) is 63.5 Å². The number of nitrogens with two attached hydrogens (primary N) is 7. The maximum Gasteiger partial charge on any atom is 0.326 e. The Bertz CT molecular complexity index is 2400. The molecule has 0 aliphatic rings. The fourth-order valence-corrected chi connectivity index (χ4v) is 7.35. The van der Waals surface area contributed by atoms with Gasteiger partial charge in [0.05, 0.1) is 19.4 Å². The second-order valence-electron chi connectivity index (χ2n) is 18.5. The van der Waals surface area contributed by atoms with Gasteiger partial charge in [-0.2, -0.15) is 0 Å². The van der Waals surface area contributed by atoms with Crippen LogP contribution >= 0.6 is 0 Å². The van der Waals surface area contributed by atoms with Crippen LogP contribution in [0, 0.1) is 5.92 Å². The SMILES string of the molecule is CC(C)C[C@H](NC(=O)[C@H](CC(N)=O)NC(=O)[C@H](CC(N)=O)NC(=O)[C@H](Cc1ccccc1)NC(=O)[C@H](CCC(=O)O)NC(=O)[C@H](CCCN=C(N)N)NC(=O)CN)C(=O)N[C@@H](CCC(=O)O)C(=O)N[C@@H](CCCN=C(N)N)C(=O)O. The summed E-state index contributed by atoms with van der Waals surface area (Å²) in [5, 5.41) is 47.3. The molecule has 0 bridgehead atoms. The van der Waals surface area contributed by atoms with Crippen molar-refractivity contribution in [3.05, 3.63) is 35.9 Å². The van der Waals surface area contributed by atoms with Crippen molar-refractivity contribution < 1.29 is 77.6 Å². The largest absolute Gasteiger partial charge is 0.481 e. The molecule has 0 saturated carbocycles. The van der Waals surface area contributed by atoms with Gasteiger partial charge in [0, 0.05) is 32.4 Å². The second kappa shape index (κ2) is 36.0. The summed E-state index contributed by atoms with van der Waals surface area (Å²) in [7, 11) is 0. The van der Waals surface area contributed by atoms with Crippen LogP contribution in [-0.2, 0) is 68.7 Å². The van der Waals surface area contributed by atoms with E-state index in [0.29, 0.717) is 5.56 Å². The summed E-state index contributed by atoms with van der Waals surface area (Å²) >= 11 is 0. The summed E-state index contributed by atoms with van der Waals surface area (Å²) in [5.74, 6) is -16.3. The number of aliphatic carboxylic acids is 3. The molecule has 25 N–H and O–H groups in total. The van der Waals surface area contributed by atoms with Gasteiger partial charge in [-0.25, -0.2) is 4.79 Å². The number of guanidine groups is 2. The molecule has 10 amide bonds. The number of hydrogen-bond donors (Lipinski definition) is 18. The number of benzene rings is 1. The fourth-order valence-electron chi connectivity index (χ4n) is 7.35. The summed E-state index contributed by atoms with van der Waals surface area (Å²) in [6.07, 6.45) is -4.98. The Labute approximate surface area is 458 Å². The molecule has 8 atom stereocenters. The van der Waals surface area contributed by atoms with Crippen LogP contribution in [0.15, 0.2) is 40.3 Å². The number of nitrogens with one attached hydrogen (secondary N) is 8. The fraction of sp³-hybridized carbons (Fsp3) is 0.553. The third-order valence-electron chi connectivity index (χ3n) is 11.2. The Kier molecular flexibility index (Phi) is 31.0. The molecule has 1 aromatic rings. The summed E-state index contributed by atoms with van der Waals surface area (Å²) in [4.78, 5) is 177. The first-order valence-electron chi connectivity index (χ1n) is 25.0. The topological polar surface area (TPSA) is 586 Å². The third-order valence-corrected chi connectivity index (χ3v) is 11.2. The zero-order valence-electron chi connectivity index (χ0n) is 44.3. The number of amides is 10. The zero-order valence-corrected chi connectivity index (χ0v) is 44.3. The van der Waals surface area contributed by atoms with Gasteiger partial charge in [-0.15, -0.1) is 0 Å². The van der Waals surface area contributed by atoms with Crippen LogP contribution in [0.1, 0.15) is 90.0 Å². The van der Waals surface area contributed by atoms with Crippen LogP contribution in [0.25, 0.3) is 0 Å². The second-order valence-corrected chi connectivity index (χ2v) is 18.5. The Morgan fingerprint density at radius 1 is 0.463 bits per heavy atom. The highest BCUT2D eigenvalue weighted by atomic mass is 16.4. The maximum absolute atomic E-state index is 14.2. The average Bonchev–Trinajstić information content (AvgIpc) is 3.36. The van der Waals surface area contributed by atoms with Crippen LogP contribution in [-0.4, -0.2) is 172 Å². The molecule has 0 unspecified atom stereocenters. The predicted molar refractivity (Wildman–Crippen MR) is 283 cm³/mol. The number of carbonyl (C=O) groups excluding carboxylic acids is 10. The molecule has 1 rings (SSSR count). The van der Waals surface area contributed by atoms with E-state index in [0.717, 1.165) is 0 Å². The predicted octanol–water partition coefficient (Wildman–Crippen LogP) is -7.22. The number of carbonyl (C=O) groups is 13. The van der Waals surface area contributed by atoms with E-state index >= 15 is 0 Å². The minimum atomic E-state index is -1.98. The highest BCUT2D eigenvalue weighted by Crippen LogP contribution is 2.12. The molecule has 0 spiro atoms. The lowest BCUT2D eigenvalue weighted by atomic mass is 10.0. The molecule has 0 radical (unpaired) electrons. The molecule has 33 heteroatoms. The first kappa shape index (κ1) is 68.8. The van der Waals surface area contributed by atoms with E-state index in [4.69, 9.17) is 40.1 Å². The molecule has 0 aliphatic carbocycles. The van der Waals surface area contributed by atoms with Gasteiger partial charge in [0.1, 0.15) is 48.3 Å². The number of nitrogens with zero attached hydrogens (tertiary/aromatic N) is 2. The van der Waals surface area contributed by atoms with Crippen molar-refractivity contribution in [3.8, 4) is 0 Å². The van der Waals surface area contributed by atoms with Gasteiger partial charge >= 0.3 is 17.9 Å². The van der Waals surface area contributed by atoms with Gasteiger partial charge in [-0.05, 0) is 56.4 Å². The van der Waals surface area contributed by atoms with E-state index in [1.165, 1.54) is 0 Å². The molecule has 33 nitrogen and oxygen atoms in total. The molecule has 0 aromatic heterocycles. The minimum absolute atomic E-state index is 0.00158. The lowest BCUT2D eigenvalue weighted by Crippen LogP contribution is -2.61. The molecule has 0 aliphatic heterocycles. The van der Waals surface area contributed by atoms with Gasteiger partial charge < -0.3 is 98.0 Å². The summed E-state index contributed by atoms with van der Waals surface area (Å²) < 4.78 is 0. The highest BCUT2D eigenvalue weighted by Gasteiger charge is 2.36. The lowest BCUT2D eigenvalue weighted by Gasteiger charge is -2.28. The van der Waals surface area contributed by atoms with Gasteiger partial charge in [-0.3, -0.25) is 67.5 Å². The number of carboxylic acid groups (broad SMARTS) is 3. The maximum atomic E-state index is 14.2. The summed E-state index contributed by atoms with van der Waals surface area (Å²) in [6.45, 7) is 2.76. The van der Waals surface area contributed by atoms with Gasteiger partial charge in [-0.1, -0.05) is 44.2 Å². The standard InChI is InChI=1S/C47H75N17O16/c1-23(2)18-29(41(75)59-26(12-14-36(68)69)39(73)60-28(45(79)80)11-7-17-56-47(53)54)61-43(77)31(20-33(49)65)64-44(78)32(21-34(50)66)63-42(76)30(19-24-8-4-3-5-9-24)62-40(74)27(13-15-37(70)71)58-38(72)25(57-35(67)22-48)10-6-16-55-46(51)52/h3-5,8-9,23,25-32H,6-7,10-22,48H2,1-2H3,(H2,49,65)(H2,50,66)(H,57,67)(H,58,72)(H,59,75)(H,60,73)(H,61,77)(H,62,74)(H,63,76)(H,64,78)(H,68,69)(H,70,71)(H,79,80)(H4,51,52,55)(H4,53,54,56)/t25-,26-,27-,28-,29-,30-,31-,32-/m0/s1. The third kappa shape index (κ3) is 28.8. The van der Waals surface area contributed by atoms with Crippen molar-refractivity contribution in [2.75, 3.05) is 19.6 Å². The van der Waals surface area contributed by atoms with Gasteiger partial charge in [0.15, 0.2) is 11.9 Å². The van der Waals surface area contributed by atoms with Crippen molar-refractivity contribution in [1.82, 2.24) is 42.5 Å². The Hall–Kier alpha value is -9.17. The molecular formula is C47H75N17O16. The zero-order chi connectivity index (χ0) is 60.6. The Morgan fingerprint density at radius 2 is 0.812 bits per heavy atom. The van der Waals surface area contributed by atoms with E-state index in [1.807, 2.05) is 0 Å². The highest BCUT2D eigenvalue weighted by molar-refractivity contribution is 6.00. The van der Waals surface area contributed by atoms with Crippen molar-refractivity contribution in [1.29, 1.82) is 0 Å². The van der Waals surface area contributed by atoms with Crippen molar-refractivity contribution in [2.45, 2.75) is 139 Å². The lowest BCUT2D eigenvalue weighted by molar-refractivity contribution is -0.143. The summed E-state index contributed by atoms with van der Waals surface area (Å²) in [6, 6.07) is -5.55. The molecule has 0 fully saturated rings. The Morgan fingerprint density at radius 3 is 1.20 bits per heavy atom. The van der Waals surface area contributed by atoms with Crippen LogP contribution in [0.3, 0.4) is 0 Å². The molecule has 0 saturated heterocycles. The quantitative estimate of drug-likeness (QED) is 0.0165. The number of hydrogen-bond acceptors (Lipinski definition) is 16. The van der Waals surface area contributed by atoms with E-state index in [2.05, 4.69) is 52.5 Å². The normalized spacial score (nSPS) is 13.8. The van der Waals surface area contributed by atoms with Crippen LogP contribution in [0.2, 0.25) is 0 Å². The number of rotatable bonds is 39. The number of aliphatic imine (C=N–C) groups is 2. The molecule has 444 valence electrons. The van der Waals surface area contributed by atoms with Crippen LogP contribution in [0.4, 0.5) is 0 Å². The monoisotopic (exact) mass is 1130 g/mol. The summed E-state index contributed by atoms with van der Waals surface area (Å²) in [5.41, 5.74) is 38.1. The minimum Gasteiger partial charge on any atom is -0.481 e. The first-order chi connectivity index (χ1) is 37.5. The van der Waals surface area contributed by atoms with Crippen molar-refractivity contribution >= 4 is 88.9 Å². The molecule has 0 heterocycles. The average molecular weight is 1130 g/mol.